The number of benzene rings is 1. The molecule has 0 saturated heterocycles. The minimum atomic E-state index is -0.101. The zero-order valence-electron chi connectivity index (χ0n) is 7.57. The first-order valence-electron chi connectivity index (χ1n) is 3.61. The van der Waals surface area contributed by atoms with E-state index < -0.39 is 0 Å². The summed E-state index contributed by atoms with van der Waals surface area (Å²) in [4.78, 5) is 1.47. The molecule has 0 heterocycles. The summed E-state index contributed by atoms with van der Waals surface area (Å²) in [5, 5.41) is 9.46. The van der Waals surface area contributed by atoms with Gasteiger partial charge in [0.15, 0.2) is 11.5 Å². The van der Waals surface area contributed by atoms with Gasteiger partial charge in [-0.05, 0) is 6.26 Å². The van der Waals surface area contributed by atoms with Crippen LogP contribution in [0.3, 0.4) is 0 Å². The van der Waals surface area contributed by atoms with E-state index in [1.54, 1.807) is 0 Å². The first-order chi connectivity index (χ1) is 6.65. The van der Waals surface area contributed by atoms with Crippen LogP contribution in [0.5, 0.6) is 11.5 Å². The maximum atomic E-state index is 12.5. The third kappa shape index (κ3) is 2.07. The average molecular weight is 252 g/mol. The number of thioether (sulfide) groups is 1. The maximum absolute atomic E-state index is 12.5. The Bertz CT molecular complexity index is 344. The summed E-state index contributed by atoms with van der Waals surface area (Å²) >= 11 is 5.62. The van der Waals surface area contributed by atoms with E-state index in [2.05, 4.69) is 12.6 Å². The summed E-state index contributed by atoms with van der Waals surface area (Å²) in [6.07, 6.45) is 1.81. The fourth-order valence-electron chi connectivity index (χ4n) is 1.05. The van der Waals surface area contributed by atoms with Gasteiger partial charge in [-0.15, -0.1) is 24.4 Å². The number of methoxy groups -OCH3 is 1. The summed E-state index contributed by atoms with van der Waals surface area (Å²) < 4.78 is 17.4. The zero-order valence-corrected chi connectivity index (χ0v) is 10.1. The summed E-state index contributed by atoms with van der Waals surface area (Å²) in [6.45, 7) is 0. The predicted molar refractivity (Wildman–Crippen MR) is 60.7 cm³/mol. The Labute approximate surface area is 95.9 Å². The molecule has 0 bridgehead atoms. The van der Waals surface area contributed by atoms with Crippen LogP contribution in [0.15, 0.2) is 20.8 Å². The van der Waals surface area contributed by atoms with Crippen LogP contribution in [0.2, 0.25) is 0 Å². The lowest BCUT2D eigenvalue weighted by atomic mass is 10.3. The number of phenolic OH excluding ortho intramolecular Hbond substituents is 1. The highest BCUT2D eigenvalue weighted by Crippen LogP contribution is 2.45. The summed E-state index contributed by atoms with van der Waals surface area (Å²) in [6, 6.07) is 1.33. The molecule has 1 rings (SSSR count). The summed E-state index contributed by atoms with van der Waals surface area (Å²) in [5.74, 6) is 0.172. The molecule has 1 N–H and O–H groups in total. The van der Waals surface area contributed by atoms with E-state index in [1.165, 1.54) is 24.9 Å². The number of ether oxygens (including phenoxy) is 1. The number of aromatic hydroxyl groups is 1. The van der Waals surface area contributed by atoms with Crippen molar-refractivity contribution in [3.63, 3.8) is 0 Å². The van der Waals surface area contributed by atoms with Gasteiger partial charge >= 0.3 is 0 Å². The summed E-state index contributed by atoms with van der Waals surface area (Å²) in [7, 11) is 1.43. The first-order valence-corrected chi connectivity index (χ1v) is 6.00. The van der Waals surface area contributed by atoms with Crippen molar-refractivity contribution in [1.82, 2.24) is 0 Å². The fraction of sp³-hybridized carbons (Fsp3) is 0.250. The van der Waals surface area contributed by atoms with Crippen LogP contribution in [-0.4, -0.2) is 18.5 Å². The molecule has 0 aliphatic carbocycles. The van der Waals surface area contributed by atoms with E-state index >= 15 is 0 Å². The maximum Gasteiger partial charge on any atom is 0.175 e. The zero-order chi connectivity index (χ0) is 10.7. The molecule has 0 radical (unpaired) electrons. The Morgan fingerprint density at radius 2 is 2.21 bits per heavy atom. The van der Waals surface area contributed by atoms with Gasteiger partial charge < -0.3 is 9.84 Å². The van der Waals surface area contributed by atoms with Crippen molar-refractivity contribution < 1.29 is 13.7 Å². The number of halogens is 1. The van der Waals surface area contributed by atoms with Crippen molar-refractivity contribution in [3.8, 4) is 11.5 Å². The standard InChI is InChI=1S/C8H9FO2S3/c1-11-6-4(10)3-5(14-9)8(13-2)7(6)12/h3,10,12H,1-2H3. The minimum Gasteiger partial charge on any atom is -0.504 e. The lowest BCUT2D eigenvalue weighted by Crippen LogP contribution is -1.89. The van der Waals surface area contributed by atoms with Crippen molar-refractivity contribution in [2.45, 2.75) is 14.7 Å². The van der Waals surface area contributed by atoms with Crippen molar-refractivity contribution in [1.29, 1.82) is 0 Å². The van der Waals surface area contributed by atoms with Crippen molar-refractivity contribution in [2.24, 2.45) is 0 Å². The van der Waals surface area contributed by atoms with Gasteiger partial charge in [0.2, 0.25) is 0 Å². The quantitative estimate of drug-likeness (QED) is 0.637. The second-order valence-corrected chi connectivity index (χ2v) is 4.24. The van der Waals surface area contributed by atoms with Crippen LogP contribution in [-0.2, 0) is 0 Å². The molecule has 14 heavy (non-hydrogen) atoms. The van der Waals surface area contributed by atoms with Crippen molar-refractivity contribution >= 4 is 36.5 Å². The third-order valence-corrected chi connectivity index (χ3v) is 3.67. The molecule has 2 nitrogen and oxygen atoms in total. The van der Waals surface area contributed by atoms with E-state index in [4.69, 9.17) is 4.74 Å². The van der Waals surface area contributed by atoms with Gasteiger partial charge in [0.25, 0.3) is 0 Å². The van der Waals surface area contributed by atoms with Gasteiger partial charge in [-0.1, -0.05) is 0 Å². The molecular formula is C8H9FO2S3. The van der Waals surface area contributed by atoms with E-state index in [0.717, 1.165) is 0 Å². The second kappa shape index (κ2) is 5.04. The SMILES string of the molecule is COc1c(O)cc(SF)c(SC)c1S. The Morgan fingerprint density at radius 3 is 2.64 bits per heavy atom. The molecule has 0 fully saturated rings. The van der Waals surface area contributed by atoms with Gasteiger partial charge in [-0.25, -0.2) is 0 Å². The van der Waals surface area contributed by atoms with Gasteiger partial charge in [0, 0.05) is 11.0 Å². The Morgan fingerprint density at radius 1 is 1.57 bits per heavy atom. The van der Waals surface area contributed by atoms with Gasteiger partial charge in [-0.3, -0.25) is 0 Å². The highest BCUT2D eigenvalue weighted by molar-refractivity contribution is 8.00. The monoisotopic (exact) mass is 252 g/mol. The van der Waals surface area contributed by atoms with Crippen LogP contribution < -0.4 is 4.74 Å². The van der Waals surface area contributed by atoms with Crippen LogP contribution in [0, 0.1) is 0 Å². The topological polar surface area (TPSA) is 29.5 Å². The lowest BCUT2D eigenvalue weighted by Gasteiger charge is -2.12. The number of hydrogen-bond acceptors (Lipinski definition) is 5. The predicted octanol–water partition coefficient (Wildman–Crippen LogP) is 3.39. The van der Waals surface area contributed by atoms with E-state index in [-0.39, 0.29) is 23.6 Å². The Hall–Kier alpha value is -0.200. The molecule has 0 aliphatic rings. The lowest BCUT2D eigenvalue weighted by molar-refractivity contribution is 0.361. The average Bonchev–Trinajstić information content (AvgIpc) is 2.17. The van der Waals surface area contributed by atoms with Crippen LogP contribution in [0.1, 0.15) is 0 Å². The molecule has 78 valence electrons. The molecule has 1 aromatic carbocycles. The van der Waals surface area contributed by atoms with Crippen molar-refractivity contribution in [3.05, 3.63) is 6.07 Å². The molecular weight excluding hydrogens is 243 g/mol. The van der Waals surface area contributed by atoms with Crippen LogP contribution in [0.4, 0.5) is 3.89 Å². The molecule has 1 aromatic rings. The largest absolute Gasteiger partial charge is 0.504 e. The molecule has 6 heteroatoms. The van der Waals surface area contributed by atoms with Crippen molar-refractivity contribution in [2.75, 3.05) is 13.4 Å². The molecule has 0 atom stereocenters. The Balaban J connectivity index is 3.39. The van der Waals surface area contributed by atoms with E-state index in [1.807, 2.05) is 6.26 Å². The molecule has 0 unspecified atom stereocenters. The van der Waals surface area contributed by atoms with Crippen LogP contribution >= 0.6 is 36.5 Å². The number of hydrogen-bond donors (Lipinski definition) is 2. The molecule has 0 aromatic heterocycles. The smallest absolute Gasteiger partial charge is 0.175 e. The molecule has 0 saturated carbocycles. The minimum absolute atomic E-state index is 0.0822. The molecule has 0 spiro atoms. The Kier molecular flexibility index (Phi) is 4.28. The highest BCUT2D eigenvalue weighted by Gasteiger charge is 2.16. The van der Waals surface area contributed by atoms with Gasteiger partial charge in [0.1, 0.15) is 0 Å². The van der Waals surface area contributed by atoms with E-state index in [0.29, 0.717) is 14.7 Å². The number of phenols is 1. The summed E-state index contributed by atoms with van der Waals surface area (Å²) in [5.41, 5.74) is 0. The van der Waals surface area contributed by atoms with Gasteiger partial charge in [0.05, 0.1) is 29.0 Å². The van der Waals surface area contributed by atoms with Gasteiger partial charge in [-0.2, -0.15) is 3.89 Å². The molecule has 0 aliphatic heterocycles. The third-order valence-electron chi connectivity index (χ3n) is 1.65. The second-order valence-electron chi connectivity index (χ2n) is 2.39. The number of thiol groups is 1. The normalized spacial score (nSPS) is 10.3. The fourth-order valence-corrected chi connectivity index (χ4v) is 2.95. The van der Waals surface area contributed by atoms with Crippen LogP contribution in [0.25, 0.3) is 0 Å². The highest BCUT2D eigenvalue weighted by atomic mass is 32.2. The van der Waals surface area contributed by atoms with E-state index in [9.17, 15) is 8.99 Å². The molecule has 0 amide bonds. The first kappa shape index (κ1) is 11.9. The number of rotatable bonds is 3.